The van der Waals surface area contributed by atoms with Crippen molar-refractivity contribution in [1.82, 2.24) is 15.2 Å². The zero-order chi connectivity index (χ0) is 16.7. The number of aromatic nitrogens is 3. The van der Waals surface area contributed by atoms with Crippen molar-refractivity contribution in [1.29, 1.82) is 0 Å². The smallest absolute Gasteiger partial charge is 0.256 e. The van der Waals surface area contributed by atoms with Crippen LogP contribution < -0.4 is 5.32 Å². The third kappa shape index (κ3) is 2.50. The largest absolute Gasteiger partial charge is 0.322 e. The Labute approximate surface area is 138 Å². The third-order valence-corrected chi connectivity index (χ3v) is 4.03. The first kappa shape index (κ1) is 14.4. The van der Waals surface area contributed by atoms with Crippen LogP contribution in [0.15, 0.2) is 48.7 Å². The van der Waals surface area contributed by atoms with E-state index in [-0.39, 0.29) is 5.91 Å². The first-order valence-electron chi connectivity index (χ1n) is 7.73. The molecule has 5 heteroatoms. The lowest BCUT2D eigenvalue weighted by Gasteiger charge is -2.10. The Morgan fingerprint density at radius 1 is 1.08 bits per heavy atom. The van der Waals surface area contributed by atoms with Gasteiger partial charge < -0.3 is 5.32 Å². The predicted octanol–water partition coefficient (Wildman–Crippen LogP) is 3.98. The van der Waals surface area contributed by atoms with Crippen LogP contribution in [0.1, 0.15) is 21.6 Å². The van der Waals surface area contributed by atoms with Crippen molar-refractivity contribution in [3.8, 4) is 0 Å². The molecule has 2 N–H and O–H groups in total. The molecule has 24 heavy (non-hydrogen) atoms. The summed E-state index contributed by atoms with van der Waals surface area (Å²) in [5.74, 6) is -0.140. The number of pyridine rings is 1. The number of amides is 1. The fourth-order valence-electron chi connectivity index (χ4n) is 2.88. The van der Waals surface area contributed by atoms with Crippen molar-refractivity contribution in [2.45, 2.75) is 13.8 Å². The molecule has 0 saturated heterocycles. The van der Waals surface area contributed by atoms with Gasteiger partial charge in [0.05, 0.1) is 22.8 Å². The van der Waals surface area contributed by atoms with E-state index in [9.17, 15) is 4.79 Å². The number of aromatic amines is 1. The van der Waals surface area contributed by atoms with Gasteiger partial charge in [0.1, 0.15) is 0 Å². The van der Waals surface area contributed by atoms with Gasteiger partial charge in [-0.05, 0) is 50.2 Å². The average Bonchev–Trinajstić information content (AvgIpc) is 3.02. The summed E-state index contributed by atoms with van der Waals surface area (Å²) in [7, 11) is 0. The van der Waals surface area contributed by atoms with Crippen molar-refractivity contribution in [2.75, 3.05) is 5.32 Å². The van der Waals surface area contributed by atoms with Gasteiger partial charge >= 0.3 is 0 Å². The molecule has 0 atom stereocenters. The summed E-state index contributed by atoms with van der Waals surface area (Å²) in [6, 6.07) is 13.4. The van der Waals surface area contributed by atoms with E-state index in [4.69, 9.17) is 0 Å². The lowest BCUT2D eigenvalue weighted by Crippen LogP contribution is -2.13. The van der Waals surface area contributed by atoms with Gasteiger partial charge in [0.2, 0.25) is 0 Å². The minimum absolute atomic E-state index is 0.140. The average molecular weight is 316 g/mol. The molecule has 2 heterocycles. The molecule has 0 aliphatic rings. The van der Waals surface area contributed by atoms with E-state index in [0.717, 1.165) is 38.8 Å². The Morgan fingerprint density at radius 3 is 2.83 bits per heavy atom. The molecule has 4 rings (SSSR count). The van der Waals surface area contributed by atoms with E-state index < -0.39 is 0 Å². The number of rotatable bonds is 2. The van der Waals surface area contributed by atoms with Crippen LogP contribution in [-0.2, 0) is 0 Å². The van der Waals surface area contributed by atoms with Gasteiger partial charge in [-0.3, -0.25) is 14.9 Å². The normalized spacial score (nSPS) is 11.1. The van der Waals surface area contributed by atoms with E-state index in [0.29, 0.717) is 5.56 Å². The molecule has 0 saturated carbocycles. The number of anilines is 1. The Morgan fingerprint density at radius 2 is 1.96 bits per heavy atom. The van der Waals surface area contributed by atoms with Crippen LogP contribution in [0.4, 0.5) is 5.69 Å². The highest BCUT2D eigenvalue weighted by Crippen LogP contribution is 2.22. The van der Waals surface area contributed by atoms with Crippen LogP contribution >= 0.6 is 0 Å². The van der Waals surface area contributed by atoms with Gasteiger partial charge in [-0.1, -0.05) is 11.6 Å². The molecule has 0 radical (unpaired) electrons. The lowest BCUT2D eigenvalue weighted by molar-refractivity contribution is 0.102. The number of nitrogens with zero attached hydrogens (tertiary/aromatic N) is 2. The van der Waals surface area contributed by atoms with E-state index >= 15 is 0 Å². The summed E-state index contributed by atoms with van der Waals surface area (Å²) in [4.78, 5) is 17.3. The summed E-state index contributed by atoms with van der Waals surface area (Å²) in [6.45, 7) is 3.90. The first-order chi connectivity index (χ1) is 11.6. The lowest BCUT2D eigenvalue weighted by atomic mass is 10.0. The fourth-order valence-corrected chi connectivity index (χ4v) is 2.88. The van der Waals surface area contributed by atoms with Gasteiger partial charge in [0.15, 0.2) is 0 Å². The third-order valence-electron chi connectivity index (χ3n) is 4.03. The minimum Gasteiger partial charge on any atom is -0.322 e. The van der Waals surface area contributed by atoms with Crippen molar-refractivity contribution in [2.24, 2.45) is 0 Å². The van der Waals surface area contributed by atoms with Crippen LogP contribution in [-0.4, -0.2) is 21.1 Å². The maximum atomic E-state index is 12.8. The number of benzene rings is 2. The van der Waals surface area contributed by atoms with Crippen LogP contribution in [0.2, 0.25) is 0 Å². The fraction of sp³-hybridized carbons (Fsp3) is 0.105. The molecule has 0 spiro atoms. The Hall–Kier alpha value is -3.21. The monoisotopic (exact) mass is 316 g/mol. The van der Waals surface area contributed by atoms with Gasteiger partial charge in [-0.15, -0.1) is 0 Å². The highest BCUT2D eigenvalue weighted by atomic mass is 16.1. The molecule has 0 bridgehead atoms. The van der Waals surface area contributed by atoms with Crippen molar-refractivity contribution in [3.05, 3.63) is 65.5 Å². The molecular formula is C19H16N4O. The Balaban J connectivity index is 1.75. The number of carbonyl (C=O) groups excluding carboxylic acids is 1. The molecule has 0 aliphatic carbocycles. The predicted molar refractivity (Wildman–Crippen MR) is 95.3 cm³/mol. The van der Waals surface area contributed by atoms with E-state index in [1.54, 1.807) is 6.20 Å². The number of nitrogens with one attached hydrogen (secondary N) is 2. The van der Waals surface area contributed by atoms with E-state index in [2.05, 4.69) is 20.5 Å². The summed E-state index contributed by atoms with van der Waals surface area (Å²) in [5, 5.41) is 11.7. The van der Waals surface area contributed by atoms with E-state index in [1.165, 1.54) is 0 Å². The second kappa shape index (κ2) is 5.45. The van der Waals surface area contributed by atoms with E-state index in [1.807, 2.05) is 56.3 Å². The summed E-state index contributed by atoms with van der Waals surface area (Å²) in [6.07, 6.45) is 1.74. The summed E-state index contributed by atoms with van der Waals surface area (Å²) < 4.78 is 0. The Bertz CT molecular complexity index is 1080. The Kier molecular flexibility index (Phi) is 3.27. The second-order valence-electron chi connectivity index (χ2n) is 5.96. The van der Waals surface area contributed by atoms with Crippen LogP contribution in [0, 0.1) is 13.8 Å². The number of fused-ring (bicyclic) bond motifs is 2. The molecule has 2 aromatic carbocycles. The zero-order valence-corrected chi connectivity index (χ0v) is 13.4. The number of H-pyrrole nitrogens is 1. The molecule has 0 unspecified atom stereocenters. The molecule has 2 aromatic heterocycles. The molecule has 0 aliphatic heterocycles. The molecule has 118 valence electrons. The van der Waals surface area contributed by atoms with Crippen molar-refractivity contribution in [3.63, 3.8) is 0 Å². The van der Waals surface area contributed by atoms with Crippen molar-refractivity contribution < 1.29 is 4.79 Å². The topological polar surface area (TPSA) is 70.7 Å². The highest BCUT2D eigenvalue weighted by molar-refractivity contribution is 6.12. The van der Waals surface area contributed by atoms with Gasteiger partial charge in [0, 0.05) is 22.2 Å². The highest BCUT2D eigenvalue weighted by Gasteiger charge is 2.13. The summed E-state index contributed by atoms with van der Waals surface area (Å²) >= 11 is 0. The van der Waals surface area contributed by atoms with Crippen LogP contribution in [0.25, 0.3) is 21.8 Å². The standard InChI is InChI=1S/C19H16N4O/c1-11-3-5-18-15(7-11)16(8-12(2)21-18)19(24)22-14-4-6-17-13(9-14)10-20-23-17/h3-10H,1-2H3,(H,20,23)(H,22,24). The van der Waals surface area contributed by atoms with Crippen LogP contribution in [0.5, 0.6) is 0 Å². The molecule has 5 nitrogen and oxygen atoms in total. The maximum absolute atomic E-state index is 12.8. The number of carbonyl (C=O) groups is 1. The maximum Gasteiger partial charge on any atom is 0.256 e. The molecule has 1 amide bonds. The number of hydrogen-bond donors (Lipinski definition) is 2. The molecule has 4 aromatic rings. The molecular weight excluding hydrogens is 300 g/mol. The second-order valence-corrected chi connectivity index (χ2v) is 5.96. The SMILES string of the molecule is Cc1ccc2nc(C)cc(C(=O)Nc3ccc4[nH]ncc4c3)c2c1. The van der Waals surface area contributed by atoms with Gasteiger partial charge in [0.25, 0.3) is 5.91 Å². The van der Waals surface area contributed by atoms with Gasteiger partial charge in [-0.2, -0.15) is 5.10 Å². The minimum atomic E-state index is -0.140. The molecule has 0 fully saturated rings. The number of aryl methyl sites for hydroxylation is 2. The first-order valence-corrected chi connectivity index (χ1v) is 7.73. The van der Waals surface area contributed by atoms with Crippen LogP contribution in [0.3, 0.4) is 0 Å². The zero-order valence-electron chi connectivity index (χ0n) is 13.4. The van der Waals surface area contributed by atoms with Gasteiger partial charge in [-0.25, -0.2) is 0 Å². The van der Waals surface area contributed by atoms with Crippen molar-refractivity contribution >= 4 is 33.4 Å². The summed E-state index contributed by atoms with van der Waals surface area (Å²) in [5.41, 5.74) is 5.06. The number of hydrogen-bond acceptors (Lipinski definition) is 3. The quantitative estimate of drug-likeness (QED) is 0.587.